The van der Waals surface area contributed by atoms with Crippen LogP contribution in [-0.4, -0.2) is 0 Å². The van der Waals surface area contributed by atoms with Crippen LogP contribution in [0, 0.1) is 33.6 Å². The van der Waals surface area contributed by atoms with Crippen molar-refractivity contribution in [2.45, 2.75) is 48.0 Å². The Kier molecular flexibility index (Phi) is 12.2. The molecule has 0 N–H and O–H groups in total. The third-order valence-electron chi connectivity index (χ3n) is 2.38. The second-order valence-electron chi connectivity index (χ2n) is 4.05. The molecule has 0 fully saturated rings. The van der Waals surface area contributed by atoms with Gasteiger partial charge in [-0.3, -0.25) is 0 Å². The van der Waals surface area contributed by atoms with Crippen LogP contribution < -0.4 is 0 Å². The Morgan fingerprint density at radius 1 is 0.875 bits per heavy atom. The molecule has 1 heteroatoms. The Morgan fingerprint density at radius 2 is 1.31 bits per heavy atom. The van der Waals surface area contributed by atoms with E-state index in [1.54, 1.807) is 0 Å². The summed E-state index contributed by atoms with van der Waals surface area (Å²) < 4.78 is 0. The summed E-state index contributed by atoms with van der Waals surface area (Å²) in [6.45, 7) is 12.6. The van der Waals surface area contributed by atoms with Gasteiger partial charge in [0.1, 0.15) is 0 Å². The van der Waals surface area contributed by atoms with Crippen molar-refractivity contribution in [3.05, 3.63) is 47.2 Å². The molecule has 0 unspecified atom stereocenters. The van der Waals surface area contributed by atoms with E-state index in [0.29, 0.717) is 0 Å². The molecule has 16 heavy (non-hydrogen) atoms. The third kappa shape index (κ3) is 6.81. The molecule has 0 aliphatic rings. The number of hydrogen-bond acceptors (Lipinski definition) is 0. The Morgan fingerprint density at radius 3 is 1.75 bits per heavy atom. The Hall–Kier alpha value is 0.324. The molecule has 1 aromatic carbocycles. The van der Waals surface area contributed by atoms with Gasteiger partial charge in [-0.25, -0.2) is 0 Å². The molecule has 1 rings (SSSR count). The van der Waals surface area contributed by atoms with Crippen molar-refractivity contribution in [2.24, 2.45) is 0 Å². The minimum atomic E-state index is 0. The van der Waals surface area contributed by atoms with Crippen LogP contribution >= 0.6 is 0 Å². The average Bonchev–Trinajstić information content (AvgIpc) is 2.16. The molecule has 0 aliphatic heterocycles. The SMILES string of the molecule is C[CH-]C.C[CH-]Cc1cc(C)c(C)cc1C.[Y]. The van der Waals surface area contributed by atoms with E-state index in [2.05, 4.69) is 46.2 Å². The summed E-state index contributed by atoms with van der Waals surface area (Å²) in [6.07, 6.45) is 5.30. The minimum Gasteiger partial charge on any atom is -0.335 e. The van der Waals surface area contributed by atoms with Gasteiger partial charge < -0.3 is 12.8 Å². The van der Waals surface area contributed by atoms with Gasteiger partial charge in [-0.05, 0) is 31.9 Å². The van der Waals surface area contributed by atoms with Gasteiger partial charge in [-0.1, -0.05) is 23.3 Å². The maximum atomic E-state index is 2.30. The molecule has 0 saturated heterocycles. The summed E-state index contributed by atoms with van der Waals surface area (Å²) in [5, 5.41) is 0. The second kappa shape index (κ2) is 10.5. The van der Waals surface area contributed by atoms with Crippen LogP contribution in [0.2, 0.25) is 0 Å². The average molecular weight is 293 g/mol. The quantitative estimate of drug-likeness (QED) is 0.699. The number of hydrogen-bond donors (Lipinski definition) is 0. The molecule has 0 spiro atoms. The standard InChI is InChI=1S/C12H17.C3H7.Y/c1-5-6-12-8-10(3)9(2)7-11(12)4;1-3-2;/h5,7-8H,6H2,1-4H3;3H,1-2H3;/q2*-1;. The molecule has 0 atom stereocenters. The fraction of sp³-hybridized carbons (Fsp3) is 0.467. The van der Waals surface area contributed by atoms with E-state index in [1.807, 2.05) is 20.3 Å². The van der Waals surface area contributed by atoms with E-state index >= 15 is 0 Å². The summed E-state index contributed by atoms with van der Waals surface area (Å²) in [4.78, 5) is 0. The van der Waals surface area contributed by atoms with E-state index in [9.17, 15) is 0 Å². The maximum Gasteiger partial charge on any atom is 0 e. The zero-order valence-corrected chi connectivity index (χ0v) is 14.4. The molecular weight excluding hydrogens is 269 g/mol. The van der Waals surface area contributed by atoms with E-state index < -0.39 is 0 Å². The van der Waals surface area contributed by atoms with Gasteiger partial charge in [0, 0.05) is 32.7 Å². The van der Waals surface area contributed by atoms with Crippen LogP contribution in [0.5, 0.6) is 0 Å². The molecule has 0 aromatic heterocycles. The predicted molar refractivity (Wildman–Crippen MR) is 70.0 cm³/mol. The van der Waals surface area contributed by atoms with Crippen molar-refractivity contribution in [1.29, 1.82) is 0 Å². The van der Waals surface area contributed by atoms with Gasteiger partial charge >= 0.3 is 0 Å². The van der Waals surface area contributed by atoms with Gasteiger partial charge in [0.2, 0.25) is 0 Å². The van der Waals surface area contributed by atoms with Gasteiger partial charge in [-0.15, -0.1) is 0 Å². The predicted octanol–water partition coefficient (Wildman–Crippen LogP) is 4.61. The third-order valence-corrected chi connectivity index (χ3v) is 2.38. The molecule has 0 amide bonds. The fourth-order valence-corrected chi connectivity index (χ4v) is 1.46. The molecule has 1 aromatic rings. The van der Waals surface area contributed by atoms with E-state index in [4.69, 9.17) is 0 Å². The summed E-state index contributed by atoms with van der Waals surface area (Å²) in [7, 11) is 0. The van der Waals surface area contributed by atoms with Gasteiger partial charge in [0.25, 0.3) is 0 Å². The molecule has 1 radical (unpaired) electrons. The summed E-state index contributed by atoms with van der Waals surface area (Å²) in [5.41, 5.74) is 5.67. The van der Waals surface area contributed by atoms with Crippen LogP contribution in [-0.2, 0) is 39.1 Å². The first kappa shape index (κ1) is 18.7. The first-order valence-electron chi connectivity index (χ1n) is 5.65. The first-order valence-corrected chi connectivity index (χ1v) is 5.65. The van der Waals surface area contributed by atoms with Gasteiger partial charge in [0.05, 0.1) is 0 Å². The summed E-state index contributed by atoms with van der Waals surface area (Å²) in [5.74, 6) is 0. The van der Waals surface area contributed by atoms with Crippen LogP contribution in [0.25, 0.3) is 0 Å². The molecule has 89 valence electrons. The molecule has 0 bridgehead atoms. The van der Waals surface area contributed by atoms with Crippen LogP contribution in [0.15, 0.2) is 12.1 Å². The van der Waals surface area contributed by atoms with E-state index in [0.717, 1.165) is 6.42 Å². The number of rotatable bonds is 2. The normalized spacial score (nSPS) is 8.88. The molecular formula is C15H24Y-2. The molecule has 0 nitrogen and oxygen atoms in total. The van der Waals surface area contributed by atoms with Crippen LogP contribution in [0.1, 0.15) is 43.0 Å². The number of aryl methyl sites for hydroxylation is 3. The van der Waals surface area contributed by atoms with Crippen molar-refractivity contribution in [3.63, 3.8) is 0 Å². The van der Waals surface area contributed by atoms with Crippen LogP contribution in [0.3, 0.4) is 0 Å². The maximum absolute atomic E-state index is 2.30. The molecule has 0 heterocycles. The zero-order valence-electron chi connectivity index (χ0n) is 11.6. The largest absolute Gasteiger partial charge is 0.335 e. The number of benzene rings is 1. The van der Waals surface area contributed by atoms with Crippen molar-refractivity contribution >= 4 is 0 Å². The van der Waals surface area contributed by atoms with Gasteiger partial charge in [0.15, 0.2) is 0 Å². The van der Waals surface area contributed by atoms with E-state index in [-0.39, 0.29) is 32.7 Å². The Balaban J connectivity index is 0. The van der Waals surface area contributed by atoms with E-state index in [1.165, 1.54) is 22.3 Å². The first-order chi connectivity index (χ1) is 7.06. The summed E-state index contributed by atoms with van der Waals surface area (Å²) >= 11 is 0. The second-order valence-corrected chi connectivity index (χ2v) is 4.05. The zero-order chi connectivity index (χ0) is 11.8. The Bertz CT molecular complexity index is 290. The van der Waals surface area contributed by atoms with Crippen molar-refractivity contribution in [2.75, 3.05) is 0 Å². The topological polar surface area (TPSA) is 0 Å². The van der Waals surface area contributed by atoms with Crippen molar-refractivity contribution < 1.29 is 32.7 Å². The van der Waals surface area contributed by atoms with Crippen molar-refractivity contribution in [1.82, 2.24) is 0 Å². The monoisotopic (exact) mass is 293 g/mol. The van der Waals surface area contributed by atoms with Crippen LogP contribution in [0.4, 0.5) is 0 Å². The summed E-state index contributed by atoms with van der Waals surface area (Å²) in [6, 6.07) is 4.57. The van der Waals surface area contributed by atoms with Gasteiger partial charge in [-0.2, -0.15) is 27.2 Å². The van der Waals surface area contributed by atoms with Crippen molar-refractivity contribution in [3.8, 4) is 0 Å². The molecule has 0 saturated carbocycles. The smallest absolute Gasteiger partial charge is 0 e. The fourth-order valence-electron chi connectivity index (χ4n) is 1.46. The Labute approximate surface area is 127 Å². The molecule has 0 aliphatic carbocycles. The minimum absolute atomic E-state index is 0.